The minimum Gasteiger partial charge on any atom is -0.478 e. The molecule has 1 N–H and O–H groups in total. The van der Waals surface area contributed by atoms with E-state index in [0.29, 0.717) is 5.56 Å². The zero-order valence-corrected chi connectivity index (χ0v) is 9.87. The maximum atomic E-state index is 10.2. The molecule has 11 heavy (non-hydrogen) atoms. The molecule has 3 heteroatoms. The summed E-state index contributed by atoms with van der Waals surface area (Å²) in [5.74, 6) is -0.879. The largest absolute Gasteiger partial charge is 1.00 e. The molecule has 54 valence electrons. The maximum absolute atomic E-state index is 10.2. The van der Waals surface area contributed by atoms with Crippen LogP contribution in [-0.2, 0) is 0 Å². The van der Waals surface area contributed by atoms with Crippen molar-refractivity contribution in [3.8, 4) is 0 Å². The Morgan fingerprint density at radius 2 is 1.64 bits per heavy atom. The molecule has 0 aliphatic heterocycles. The molecule has 0 radical (unpaired) electrons. The number of hydrogen-bond donors (Lipinski definition) is 1. The first-order chi connectivity index (χ1) is 4.30. The van der Waals surface area contributed by atoms with Crippen molar-refractivity contribution < 1.29 is 61.3 Å². The summed E-state index contributed by atoms with van der Waals surface area (Å²) in [7, 11) is 0. The van der Waals surface area contributed by atoms with Crippen LogP contribution in [0.3, 0.4) is 0 Å². The van der Waals surface area contributed by atoms with E-state index < -0.39 is 5.97 Å². The summed E-state index contributed by atoms with van der Waals surface area (Å²) >= 11 is 0. The van der Waals surface area contributed by atoms with Crippen LogP contribution in [0.25, 0.3) is 0 Å². The second-order valence-electron chi connectivity index (χ2n) is 1.67. The van der Waals surface area contributed by atoms with Crippen molar-refractivity contribution in [2.45, 2.75) is 0 Å². The molecule has 1 aromatic carbocycles. The topological polar surface area (TPSA) is 37.3 Å². The molecule has 0 unspecified atom stereocenters. The average molecular weight is 176 g/mol. The van der Waals surface area contributed by atoms with Crippen molar-refractivity contribution >= 4 is 5.97 Å². The van der Waals surface area contributed by atoms with Gasteiger partial charge < -0.3 is 12.5 Å². The van der Waals surface area contributed by atoms with Gasteiger partial charge in [-0.3, -0.25) is 0 Å². The van der Waals surface area contributed by atoms with Crippen LogP contribution in [0.15, 0.2) is 30.3 Å². The summed E-state index contributed by atoms with van der Waals surface area (Å²) in [5, 5.41) is 8.38. The number of benzene rings is 1. The summed E-state index contributed by atoms with van der Waals surface area (Å²) in [6.07, 6.45) is 0. The van der Waals surface area contributed by atoms with Crippen molar-refractivity contribution in [3.63, 3.8) is 0 Å². The van der Waals surface area contributed by atoms with E-state index in [1.807, 2.05) is 0 Å². The van der Waals surface area contributed by atoms with Gasteiger partial charge in [-0.05, 0) is 12.1 Å². The van der Waals surface area contributed by atoms with Crippen molar-refractivity contribution in [1.82, 2.24) is 0 Å². The summed E-state index contributed by atoms with van der Waals surface area (Å²) in [6.45, 7) is 0. The van der Waals surface area contributed by atoms with Crippen LogP contribution in [0.4, 0.5) is 0 Å². The Kier molecular flexibility index (Phi) is 8.84. The first kappa shape index (κ1) is 13.9. The van der Waals surface area contributed by atoms with E-state index in [1.165, 1.54) is 0 Å². The number of rotatable bonds is 1. The van der Waals surface area contributed by atoms with Gasteiger partial charge in [0.15, 0.2) is 0 Å². The number of carboxylic acid groups (broad SMARTS) is 1. The smallest absolute Gasteiger partial charge is 0.478 e. The summed E-state index contributed by atoms with van der Waals surface area (Å²) < 4.78 is 0. The summed E-state index contributed by atoms with van der Waals surface area (Å²) in [4.78, 5) is 10.2. The van der Waals surface area contributed by atoms with Crippen LogP contribution in [0.1, 0.15) is 10.4 Å². The molecule has 1 aromatic rings. The SMILES string of the molecule is O=C(O)c1ccccc1.[CH3-].[K+]. The van der Waals surface area contributed by atoms with Gasteiger partial charge in [0, 0.05) is 0 Å². The van der Waals surface area contributed by atoms with Gasteiger partial charge in [0.05, 0.1) is 5.56 Å². The van der Waals surface area contributed by atoms with Gasteiger partial charge in [-0.2, -0.15) is 0 Å². The first-order valence-electron chi connectivity index (χ1n) is 2.59. The molecule has 0 saturated carbocycles. The third-order valence-corrected chi connectivity index (χ3v) is 1.02. The van der Waals surface area contributed by atoms with E-state index in [1.54, 1.807) is 30.3 Å². The fourth-order valence-corrected chi connectivity index (χ4v) is 0.581. The van der Waals surface area contributed by atoms with Crippen LogP contribution < -0.4 is 51.4 Å². The molecule has 2 nitrogen and oxygen atoms in total. The van der Waals surface area contributed by atoms with E-state index in [-0.39, 0.29) is 58.8 Å². The van der Waals surface area contributed by atoms with Crippen LogP contribution in [-0.4, -0.2) is 11.1 Å². The maximum Gasteiger partial charge on any atom is 1.00 e. The van der Waals surface area contributed by atoms with Crippen LogP contribution in [0.2, 0.25) is 0 Å². The number of hydrogen-bond acceptors (Lipinski definition) is 1. The zero-order chi connectivity index (χ0) is 6.69. The Labute approximate surface area is 109 Å². The molecule has 0 aliphatic carbocycles. The Balaban J connectivity index is 0. The van der Waals surface area contributed by atoms with E-state index in [0.717, 1.165) is 0 Å². The predicted molar refractivity (Wildman–Crippen MR) is 39.8 cm³/mol. The number of aromatic carboxylic acids is 1. The first-order valence-corrected chi connectivity index (χ1v) is 2.59. The Bertz CT molecular complexity index is 209. The van der Waals surface area contributed by atoms with Gasteiger partial charge in [-0.15, -0.1) is 0 Å². The van der Waals surface area contributed by atoms with Gasteiger partial charge in [-0.25, -0.2) is 4.79 Å². The summed E-state index contributed by atoms with van der Waals surface area (Å²) in [6, 6.07) is 8.30. The molecule has 0 bridgehead atoms. The Morgan fingerprint density at radius 1 is 1.18 bits per heavy atom. The van der Waals surface area contributed by atoms with Crippen LogP contribution in [0, 0.1) is 7.43 Å². The standard InChI is InChI=1S/C7H6O2.CH3.K/c8-7(9)6-4-2-1-3-5-6;;/h1-5H,(H,8,9);1H3;/q;-1;+1. The molecular weight excluding hydrogens is 167 g/mol. The quantitative estimate of drug-likeness (QED) is 0.433. The van der Waals surface area contributed by atoms with E-state index >= 15 is 0 Å². The van der Waals surface area contributed by atoms with Crippen LogP contribution >= 0.6 is 0 Å². The second kappa shape index (κ2) is 7.00. The third-order valence-electron chi connectivity index (χ3n) is 1.02. The molecule has 0 aromatic heterocycles. The molecule has 0 fully saturated rings. The minimum atomic E-state index is -0.879. The molecule has 0 amide bonds. The number of carbonyl (C=O) groups is 1. The van der Waals surface area contributed by atoms with Gasteiger partial charge >= 0.3 is 57.4 Å². The van der Waals surface area contributed by atoms with Gasteiger partial charge in [0.1, 0.15) is 0 Å². The summed E-state index contributed by atoms with van der Waals surface area (Å²) in [5.41, 5.74) is 0.331. The van der Waals surface area contributed by atoms with Gasteiger partial charge in [0.25, 0.3) is 0 Å². The number of carboxylic acids is 1. The molecule has 0 atom stereocenters. The fourth-order valence-electron chi connectivity index (χ4n) is 0.581. The minimum absolute atomic E-state index is 0. The Morgan fingerprint density at radius 3 is 1.91 bits per heavy atom. The van der Waals surface area contributed by atoms with Gasteiger partial charge in [-0.1, -0.05) is 18.2 Å². The molecule has 0 aliphatic rings. The van der Waals surface area contributed by atoms with Gasteiger partial charge in [0.2, 0.25) is 0 Å². The molecule has 0 saturated heterocycles. The molecule has 0 spiro atoms. The van der Waals surface area contributed by atoms with Crippen molar-refractivity contribution in [2.24, 2.45) is 0 Å². The average Bonchev–Trinajstić information content (AvgIpc) is 1.90. The van der Waals surface area contributed by atoms with Crippen molar-refractivity contribution in [1.29, 1.82) is 0 Å². The molecule has 1 rings (SSSR count). The monoisotopic (exact) mass is 176 g/mol. The van der Waals surface area contributed by atoms with Crippen molar-refractivity contribution in [3.05, 3.63) is 43.3 Å². The van der Waals surface area contributed by atoms with E-state index in [2.05, 4.69) is 0 Å². The second-order valence-corrected chi connectivity index (χ2v) is 1.67. The molecular formula is C8H9KO2. The fraction of sp³-hybridized carbons (Fsp3) is 0. The Hall–Kier alpha value is 0.326. The molecule has 0 heterocycles. The normalized spacial score (nSPS) is 7.27. The zero-order valence-electron chi connectivity index (χ0n) is 6.74. The van der Waals surface area contributed by atoms with E-state index in [9.17, 15) is 4.79 Å². The van der Waals surface area contributed by atoms with Crippen molar-refractivity contribution in [2.75, 3.05) is 0 Å². The predicted octanol–water partition coefficient (Wildman–Crippen LogP) is -1.16. The third kappa shape index (κ3) is 4.71. The van der Waals surface area contributed by atoms with E-state index in [4.69, 9.17) is 5.11 Å². The van der Waals surface area contributed by atoms with Crippen LogP contribution in [0.5, 0.6) is 0 Å².